The van der Waals surface area contributed by atoms with Gasteiger partial charge in [-0.25, -0.2) is 0 Å². The molecule has 0 atom stereocenters. The van der Waals surface area contributed by atoms with Gasteiger partial charge in [-0.2, -0.15) is 0 Å². The van der Waals surface area contributed by atoms with Crippen molar-refractivity contribution in [2.24, 2.45) is 11.8 Å². The number of aryl methyl sites for hydroxylation is 1. The molecule has 0 fully saturated rings. The Balaban J connectivity index is -0.000000522. The lowest BCUT2D eigenvalue weighted by molar-refractivity contribution is 0.736. The molecule has 1 nitrogen and oxygen atoms in total. The van der Waals surface area contributed by atoms with E-state index in [0.717, 1.165) is 30.5 Å². The third kappa shape index (κ3) is 17.9. The zero-order chi connectivity index (χ0) is 22.9. The molecular weight excluding hydrogens is 338 g/mol. The van der Waals surface area contributed by atoms with Crippen LogP contribution in [0, 0.1) is 18.8 Å². The van der Waals surface area contributed by atoms with Crippen molar-refractivity contribution in [3.8, 4) is 0 Å². The standard InChI is InChI=1S/C17H25N.2C4H10.C2H6/c1-7-10-18-15(6)16-9-8-13(4)17(11-16)14(5)12(2)3;2*1-4(2)3;1-2/h8-9,11,18H,6-7,10H2,1-5H3;2*4H,1-3H3;1-2H3. The van der Waals surface area contributed by atoms with E-state index in [-0.39, 0.29) is 0 Å². The topological polar surface area (TPSA) is 12.0 Å². The molecule has 0 aliphatic heterocycles. The molecular formula is C27H51N. The average Bonchev–Trinajstić information content (AvgIpc) is 2.60. The molecule has 0 aliphatic rings. The molecule has 0 saturated carbocycles. The van der Waals surface area contributed by atoms with Crippen molar-refractivity contribution in [3.05, 3.63) is 47.0 Å². The fourth-order valence-electron chi connectivity index (χ4n) is 1.86. The van der Waals surface area contributed by atoms with Gasteiger partial charge in [-0.05, 0) is 74.3 Å². The zero-order valence-electron chi connectivity index (χ0n) is 21.5. The highest BCUT2D eigenvalue weighted by Crippen LogP contribution is 2.24. The van der Waals surface area contributed by atoms with E-state index in [9.17, 15) is 0 Å². The maximum atomic E-state index is 4.11. The van der Waals surface area contributed by atoms with Gasteiger partial charge in [0.1, 0.15) is 0 Å². The van der Waals surface area contributed by atoms with Crippen LogP contribution in [0.4, 0.5) is 0 Å². The zero-order valence-corrected chi connectivity index (χ0v) is 21.5. The molecule has 1 rings (SSSR count). The van der Waals surface area contributed by atoms with Crippen molar-refractivity contribution >= 4 is 11.3 Å². The minimum Gasteiger partial charge on any atom is -0.385 e. The molecule has 1 aromatic carbocycles. The largest absolute Gasteiger partial charge is 0.385 e. The number of hydrogen-bond donors (Lipinski definition) is 1. The summed E-state index contributed by atoms with van der Waals surface area (Å²) in [6, 6.07) is 6.56. The van der Waals surface area contributed by atoms with E-state index < -0.39 is 0 Å². The Hall–Kier alpha value is -1.50. The Morgan fingerprint density at radius 2 is 1.36 bits per heavy atom. The maximum Gasteiger partial charge on any atom is 0.0340 e. The first-order valence-corrected chi connectivity index (χ1v) is 11.1. The van der Waals surface area contributed by atoms with E-state index in [0.29, 0.717) is 0 Å². The highest BCUT2D eigenvalue weighted by atomic mass is 14.9. The molecule has 0 aliphatic carbocycles. The Bertz CT molecular complexity index is 532. The van der Waals surface area contributed by atoms with Gasteiger partial charge in [-0.15, -0.1) is 0 Å². The monoisotopic (exact) mass is 389 g/mol. The predicted molar refractivity (Wildman–Crippen MR) is 135 cm³/mol. The third-order valence-electron chi connectivity index (χ3n) is 3.33. The van der Waals surface area contributed by atoms with Crippen LogP contribution in [0.2, 0.25) is 0 Å². The lowest BCUT2D eigenvalue weighted by atomic mass is 9.95. The minimum atomic E-state index is 0.833. The Labute approximate surface area is 178 Å². The second kappa shape index (κ2) is 18.8. The first-order chi connectivity index (χ1) is 12.9. The molecule has 0 bridgehead atoms. The highest BCUT2D eigenvalue weighted by Gasteiger charge is 2.05. The van der Waals surface area contributed by atoms with Gasteiger partial charge < -0.3 is 5.32 Å². The number of benzene rings is 1. The summed E-state index contributed by atoms with van der Waals surface area (Å²) in [4.78, 5) is 0. The molecule has 1 N–H and O–H groups in total. The summed E-state index contributed by atoms with van der Waals surface area (Å²) < 4.78 is 0. The average molecular weight is 390 g/mol. The van der Waals surface area contributed by atoms with Gasteiger partial charge in [0, 0.05) is 12.2 Å². The minimum absolute atomic E-state index is 0.833. The molecule has 0 unspecified atom stereocenters. The molecule has 0 spiro atoms. The Kier molecular flexibility index (Phi) is 21.0. The first kappa shape index (κ1) is 31.2. The second-order valence-electron chi connectivity index (χ2n) is 8.52. The van der Waals surface area contributed by atoms with Crippen molar-refractivity contribution < 1.29 is 0 Å². The number of allylic oxidation sites excluding steroid dienone is 2. The number of hydrogen-bond acceptors (Lipinski definition) is 1. The van der Waals surface area contributed by atoms with Crippen molar-refractivity contribution in [2.75, 3.05) is 6.54 Å². The molecule has 28 heavy (non-hydrogen) atoms. The lowest BCUT2D eigenvalue weighted by Gasteiger charge is -2.13. The maximum absolute atomic E-state index is 4.11. The van der Waals surface area contributed by atoms with Crippen molar-refractivity contribution in [2.45, 2.75) is 96.4 Å². The van der Waals surface area contributed by atoms with Gasteiger partial charge in [0.25, 0.3) is 0 Å². The third-order valence-corrected chi connectivity index (χ3v) is 3.33. The summed E-state index contributed by atoms with van der Waals surface area (Å²) in [7, 11) is 0. The van der Waals surface area contributed by atoms with Crippen LogP contribution >= 0.6 is 0 Å². The SMILES string of the molecule is C=C(NCCC)c1ccc(C)c(C(C)=C(C)C)c1.CC.CC(C)C.CC(C)C. The molecule has 0 amide bonds. The number of rotatable bonds is 5. The highest BCUT2D eigenvalue weighted by molar-refractivity contribution is 5.73. The van der Waals surface area contributed by atoms with Gasteiger partial charge in [-0.1, -0.05) is 86.6 Å². The fourth-order valence-corrected chi connectivity index (χ4v) is 1.86. The van der Waals surface area contributed by atoms with E-state index in [4.69, 9.17) is 0 Å². The molecule has 0 aromatic heterocycles. The lowest BCUT2D eigenvalue weighted by Crippen LogP contribution is -2.12. The quantitative estimate of drug-likeness (QED) is 0.529. The summed E-state index contributed by atoms with van der Waals surface area (Å²) >= 11 is 0. The second-order valence-corrected chi connectivity index (χ2v) is 8.52. The van der Waals surface area contributed by atoms with Crippen LogP contribution in [0.1, 0.15) is 106 Å². The summed E-state index contributed by atoms with van der Waals surface area (Å²) in [5.41, 5.74) is 7.57. The molecule has 1 heteroatoms. The van der Waals surface area contributed by atoms with Gasteiger partial charge in [0.15, 0.2) is 0 Å². The molecule has 0 heterocycles. The summed E-state index contributed by atoms with van der Waals surface area (Å²) in [6.07, 6.45) is 1.12. The first-order valence-electron chi connectivity index (χ1n) is 11.1. The van der Waals surface area contributed by atoms with Crippen LogP contribution in [0.3, 0.4) is 0 Å². The van der Waals surface area contributed by atoms with Crippen LogP contribution in [-0.2, 0) is 0 Å². The summed E-state index contributed by atoms with van der Waals surface area (Å²) in [6.45, 7) is 32.9. The fraction of sp³-hybridized carbons (Fsp3) is 0.630. The summed E-state index contributed by atoms with van der Waals surface area (Å²) in [5.74, 6) is 1.67. The molecule has 0 saturated heterocycles. The van der Waals surface area contributed by atoms with Gasteiger partial charge in [0.05, 0.1) is 0 Å². The molecule has 164 valence electrons. The number of nitrogens with one attached hydrogen (secondary N) is 1. The van der Waals surface area contributed by atoms with Crippen LogP contribution in [0.25, 0.3) is 11.3 Å². The van der Waals surface area contributed by atoms with E-state index in [1.807, 2.05) is 13.8 Å². The van der Waals surface area contributed by atoms with E-state index in [1.54, 1.807) is 0 Å². The molecule has 1 aromatic rings. The van der Waals surface area contributed by atoms with Crippen LogP contribution < -0.4 is 5.32 Å². The van der Waals surface area contributed by atoms with E-state index in [1.165, 1.54) is 27.8 Å². The van der Waals surface area contributed by atoms with Crippen LogP contribution in [0.5, 0.6) is 0 Å². The molecule has 0 radical (unpaired) electrons. The van der Waals surface area contributed by atoms with Gasteiger partial charge >= 0.3 is 0 Å². The van der Waals surface area contributed by atoms with Crippen molar-refractivity contribution in [3.63, 3.8) is 0 Å². The van der Waals surface area contributed by atoms with Crippen molar-refractivity contribution in [1.29, 1.82) is 0 Å². The van der Waals surface area contributed by atoms with Gasteiger partial charge in [-0.3, -0.25) is 0 Å². The van der Waals surface area contributed by atoms with Crippen LogP contribution in [0.15, 0.2) is 30.4 Å². The normalized spacial score (nSPS) is 9.25. The van der Waals surface area contributed by atoms with Crippen LogP contribution in [-0.4, -0.2) is 6.54 Å². The smallest absolute Gasteiger partial charge is 0.0340 e. The van der Waals surface area contributed by atoms with E-state index in [2.05, 4.69) is 106 Å². The van der Waals surface area contributed by atoms with E-state index >= 15 is 0 Å². The van der Waals surface area contributed by atoms with Crippen molar-refractivity contribution in [1.82, 2.24) is 5.32 Å². The van der Waals surface area contributed by atoms with Gasteiger partial charge in [0.2, 0.25) is 0 Å². The Morgan fingerprint density at radius 3 is 1.71 bits per heavy atom. The Morgan fingerprint density at radius 1 is 0.929 bits per heavy atom. The summed E-state index contributed by atoms with van der Waals surface area (Å²) in [5, 5.41) is 3.35. The predicted octanol–water partition coefficient (Wildman–Crippen LogP) is 9.13.